The maximum atomic E-state index is 12.0. The fourth-order valence-corrected chi connectivity index (χ4v) is 3.59. The molecular formula is C12H13N5O2S2. The van der Waals surface area contributed by atoms with Gasteiger partial charge in [0.15, 0.2) is 5.16 Å². The minimum Gasteiger partial charge on any atom is -0.462 e. The molecule has 0 bridgehead atoms. The van der Waals surface area contributed by atoms with Crippen LogP contribution < -0.4 is 5.73 Å². The van der Waals surface area contributed by atoms with Crippen LogP contribution in [0, 0.1) is 11.3 Å². The quantitative estimate of drug-likeness (QED) is 0.660. The molecule has 2 N–H and O–H groups in total. The zero-order valence-corrected chi connectivity index (χ0v) is 13.1. The lowest BCUT2D eigenvalue weighted by molar-refractivity contribution is 0.0531. The van der Waals surface area contributed by atoms with Gasteiger partial charge < -0.3 is 15.0 Å². The molecule has 0 unspecified atom stereocenters. The molecule has 0 atom stereocenters. The number of nitrogen functional groups attached to an aromatic ring is 1. The number of thioether (sulfide) groups is 1. The average Bonchev–Trinajstić information content (AvgIpc) is 3.00. The Bertz CT molecular complexity index is 701. The van der Waals surface area contributed by atoms with Crippen molar-refractivity contribution in [1.82, 2.24) is 14.8 Å². The number of nitrogens with zero attached hydrogens (tertiary/aromatic N) is 4. The Morgan fingerprint density at radius 1 is 1.67 bits per heavy atom. The van der Waals surface area contributed by atoms with Crippen molar-refractivity contribution in [3.8, 4) is 6.07 Å². The number of anilines is 1. The average molecular weight is 323 g/mol. The SMILES string of the molecule is CCOC(=O)c1sc(N)c(C#N)c1CSc1nncn1C. The van der Waals surface area contributed by atoms with Crippen LogP contribution in [0.15, 0.2) is 11.5 Å². The van der Waals surface area contributed by atoms with E-state index in [0.29, 0.717) is 31.9 Å². The third kappa shape index (κ3) is 3.17. The third-order valence-electron chi connectivity index (χ3n) is 2.62. The first-order chi connectivity index (χ1) is 10.1. The summed E-state index contributed by atoms with van der Waals surface area (Å²) < 4.78 is 6.77. The molecule has 0 fully saturated rings. The molecule has 0 aliphatic rings. The number of ether oxygens (including phenoxy) is 1. The number of thiophene rings is 1. The highest BCUT2D eigenvalue weighted by atomic mass is 32.2. The third-order valence-corrected chi connectivity index (χ3v) is 4.72. The highest BCUT2D eigenvalue weighted by molar-refractivity contribution is 7.98. The van der Waals surface area contributed by atoms with E-state index in [1.54, 1.807) is 17.8 Å². The number of esters is 1. The Hall–Kier alpha value is -2.05. The Morgan fingerprint density at radius 2 is 2.43 bits per heavy atom. The van der Waals surface area contributed by atoms with E-state index in [1.165, 1.54) is 11.8 Å². The Morgan fingerprint density at radius 3 is 3.00 bits per heavy atom. The summed E-state index contributed by atoms with van der Waals surface area (Å²) in [4.78, 5) is 12.3. The monoisotopic (exact) mass is 323 g/mol. The van der Waals surface area contributed by atoms with E-state index >= 15 is 0 Å². The van der Waals surface area contributed by atoms with Crippen molar-refractivity contribution in [2.24, 2.45) is 7.05 Å². The minimum absolute atomic E-state index is 0.272. The van der Waals surface area contributed by atoms with Crippen molar-refractivity contribution in [1.29, 1.82) is 5.26 Å². The number of aryl methyl sites for hydroxylation is 1. The van der Waals surface area contributed by atoms with Crippen LogP contribution in [0.5, 0.6) is 0 Å². The summed E-state index contributed by atoms with van der Waals surface area (Å²) in [6.07, 6.45) is 1.59. The fraction of sp³-hybridized carbons (Fsp3) is 0.333. The Balaban J connectivity index is 2.30. The van der Waals surface area contributed by atoms with E-state index in [4.69, 9.17) is 10.5 Å². The molecule has 7 nitrogen and oxygen atoms in total. The predicted molar refractivity (Wildman–Crippen MR) is 80.0 cm³/mol. The standard InChI is InChI=1S/C12H13N5O2S2/c1-3-19-11(18)9-8(7(4-13)10(14)21-9)5-20-12-16-15-6-17(12)2/h6H,3,5,14H2,1-2H3. The number of aromatic nitrogens is 3. The van der Waals surface area contributed by atoms with Crippen molar-refractivity contribution < 1.29 is 9.53 Å². The van der Waals surface area contributed by atoms with E-state index in [1.807, 2.05) is 13.1 Å². The van der Waals surface area contributed by atoms with Crippen LogP contribution >= 0.6 is 23.1 Å². The first kappa shape index (κ1) is 15.3. The van der Waals surface area contributed by atoms with Gasteiger partial charge in [-0.2, -0.15) is 5.26 Å². The molecular weight excluding hydrogens is 310 g/mol. The van der Waals surface area contributed by atoms with Crippen LogP contribution in [0.25, 0.3) is 0 Å². The molecule has 9 heteroatoms. The molecule has 0 radical (unpaired) electrons. The Labute approximate surface area is 129 Å². The molecule has 0 aromatic carbocycles. The van der Waals surface area contributed by atoms with Gasteiger partial charge in [-0.05, 0) is 6.92 Å². The second-order valence-corrected chi connectivity index (χ2v) is 5.99. The Kier molecular flexibility index (Phi) is 4.82. The maximum absolute atomic E-state index is 12.0. The number of nitrogens with two attached hydrogens (primary N) is 1. The van der Waals surface area contributed by atoms with Gasteiger partial charge in [-0.15, -0.1) is 21.5 Å². The molecule has 2 heterocycles. The molecule has 0 saturated heterocycles. The smallest absolute Gasteiger partial charge is 0.348 e. The van der Waals surface area contributed by atoms with Gasteiger partial charge >= 0.3 is 5.97 Å². The summed E-state index contributed by atoms with van der Waals surface area (Å²) in [6, 6.07) is 2.05. The first-order valence-corrected chi connectivity index (χ1v) is 7.83. The van der Waals surface area contributed by atoms with Gasteiger partial charge in [0.25, 0.3) is 0 Å². The van der Waals surface area contributed by atoms with Gasteiger partial charge in [-0.3, -0.25) is 0 Å². The molecule has 2 aromatic heterocycles. The summed E-state index contributed by atoms with van der Waals surface area (Å²) >= 11 is 2.46. The van der Waals surface area contributed by atoms with Crippen LogP contribution in [0.2, 0.25) is 0 Å². The highest BCUT2D eigenvalue weighted by Crippen LogP contribution is 2.35. The molecule has 110 valence electrons. The summed E-state index contributed by atoms with van der Waals surface area (Å²) in [6.45, 7) is 2.00. The maximum Gasteiger partial charge on any atom is 0.348 e. The van der Waals surface area contributed by atoms with Gasteiger partial charge in [-0.1, -0.05) is 11.8 Å². The van der Waals surface area contributed by atoms with E-state index in [0.717, 1.165) is 11.3 Å². The van der Waals surface area contributed by atoms with Crippen LogP contribution in [0.3, 0.4) is 0 Å². The summed E-state index contributed by atoms with van der Waals surface area (Å²) in [5, 5.41) is 18.0. The van der Waals surface area contributed by atoms with Crippen LogP contribution in [0.4, 0.5) is 5.00 Å². The molecule has 0 saturated carbocycles. The molecule has 0 amide bonds. The van der Waals surface area contributed by atoms with Crippen molar-refractivity contribution in [3.05, 3.63) is 22.3 Å². The molecule has 0 aliphatic carbocycles. The number of hydrogen-bond acceptors (Lipinski definition) is 8. The van der Waals surface area contributed by atoms with Gasteiger partial charge in [0.05, 0.1) is 12.2 Å². The summed E-state index contributed by atoms with van der Waals surface area (Å²) in [7, 11) is 1.82. The topological polar surface area (TPSA) is 107 Å². The van der Waals surface area contributed by atoms with Crippen molar-refractivity contribution in [2.45, 2.75) is 17.8 Å². The summed E-state index contributed by atoms with van der Waals surface area (Å²) in [5.74, 6) is -0.0543. The zero-order valence-electron chi connectivity index (χ0n) is 11.5. The second-order valence-electron chi connectivity index (χ2n) is 3.99. The zero-order chi connectivity index (χ0) is 15.4. The highest BCUT2D eigenvalue weighted by Gasteiger charge is 2.23. The van der Waals surface area contributed by atoms with Crippen molar-refractivity contribution in [3.63, 3.8) is 0 Å². The number of hydrogen-bond donors (Lipinski definition) is 1. The number of carbonyl (C=O) groups is 1. The van der Waals surface area contributed by atoms with Gasteiger partial charge in [0.1, 0.15) is 22.3 Å². The number of carbonyl (C=O) groups excluding carboxylic acids is 1. The lowest BCUT2D eigenvalue weighted by atomic mass is 10.2. The van der Waals surface area contributed by atoms with E-state index in [2.05, 4.69) is 10.2 Å². The first-order valence-electron chi connectivity index (χ1n) is 6.03. The van der Waals surface area contributed by atoms with Gasteiger partial charge in [0, 0.05) is 18.4 Å². The lowest BCUT2D eigenvalue weighted by Gasteiger charge is -2.04. The van der Waals surface area contributed by atoms with Crippen molar-refractivity contribution >= 4 is 34.1 Å². The van der Waals surface area contributed by atoms with E-state index in [-0.39, 0.29) is 6.61 Å². The largest absolute Gasteiger partial charge is 0.462 e. The second kappa shape index (κ2) is 6.60. The normalized spacial score (nSPS) is 10.3. The lowest BCUT2D eigenvalue weighted by Crippen LogP contribution is -2.05. The van der Waals surface area contributed by atoms with Crippen molar-refractivity contribution in [2.75, 3.05) is 12.3 Å². The fourth-order valence-electron chi connectivity index (χ4n) is 1.65. The molecule has 2 aromatic rings. The molecule has 21 heavy (non-hydrogen) atoms. The van der Waals surface area contributed by atoms with E-state index in [9.17, 15) is 10.1 Å². The molecule has 2 rings (SSSR count). The molecule has 0 aliphatic heterocycles. The van der Waals surface area contributed by atoms with Crippen LogP contribution in [-0.2, 0) is 17.5 Å². The molecule has 0 spiro atoms. The number of rotatable bonds is 5. The summed E-state index contributed by atoms with van der Waals surface area (Å²) in [5.41, 5.74) is 6.73. The minimum atomic E-state index is -0.454. The predicted octanol–water partition coefficient (Wildman–Crippen LogP) is 1.80. The van der Waals surface area contributed by atoms with Gasteiger partial charge in [0.2, 0.25) is 0 Å². The van der Waals surface area contributed by atoms with E-state index < -0.39 is 5.97 Å². The van der Waals surface area contributed by atoms with Crippen LogP contribution in [0.1, 0.15) is 27.7 Å². The van der Waals surface area contributed by atoms with Crippen LogP contribution in [-0.4, -0.2) is 27.3 Å². The van der Waals surface area contributed by atoms with Gasteiger partial charge in [-0.25, -0.2) is 4.79 Å². The number of nitriles is 1.